The minimum Gasteiger partial charge on any atom is -0.444 e. The lowest BCUT2D eigenvalue weighted by Crippen LogP contribution is -2.41. The quantitative estimate of drug-likeness (QED) is 0.758. The minimum absolute atomic E-state index is 0.146. The van der Waals surface area contributed by atoms with Crippen molar-refractivity contribution in [3.63, 3.8) is 0 Å². The fourth-order valence-electron chi connectivity index (χ4n) is 3.86. The summed E-state index contributed by atoms with van der Waals surface area (Å²) >= 11 is 0. The van der Waals surface area contributed by atoms with E-state index in [9.17, 15) is 4.79 Å². The van der Waals surface area contributed by atoms with E-state index in [1.165, 1.54) is 24.8 Å². The van der Waals surface area contributed by atoms with Crippen LogP contribution < -0.4 is 0 Å². The van der Waals surface area contributed by atoms with Crippen LogP contribution in [0.5, 0.6) is 0 Å². The van der Waals surface area contributed by atoms with E-state index >= 15 is 0 Å². The van der Waals surface area contributed by atoms with E-state index in [1.54, 1.807) is 0 Å². The van der Waals surface area contributed by atoms with E-state index in [0.717, 1.165) is 43.7 Å². The predicted molar refractivity (Wildman–Crippen MR) is 97.1 cm³/mol. The number of hydrogen-bond donors (Lipinski definition) is 0. The Bertz CT molecular complexity index is 541. The van der Waals surface area contributed by atoms with Gasteiger partial charge in [0.1, 0.15) is 5.60 Å². The van der Waals surface area contributed by atoms with Crippen molar-refractivity contribution in [1.29, 1.82) is 0 Å². The maximum atomic E-state index is 12.1. The molecule has 1 aromatic rings. The molecule has 3 nitrogen and oxygen atoms in total. The molecule has 3 rings (SSSR count). The third-order valence-corrected chi connectivity index (χ3v) is 5.36. The Labute approximate surface area is 146 Å². The molecule has 1 aliphatic heterocycles. The van der Waals surface area contributed by atoms with Gasteiger partial charge in [0.15, 0.2) is 0 Å². The fraction of sp³-hybridized carbons (Fsp3) is 0.667. The molecule has 1 saturated heterocycles. The van der Waals surface area contributed by atoms with Crippen molar-refractivity contribution in [2.24, 2.45) is 11.8 Å². The van der Waals surface area contributed by atoms with Gasteiger partial charge in [-0.3, -0.25) is 0 Å². The Morgan fingerprint density at radius 1 is 1.12 bits per heavy atom. The number of ether oxygens (including phenoxy) is 1. The molecule has 3 heteroatoms. The summed E-state index contributed by atoms with van der Waals surface area (Å²) in [5, 5.41) is 0. The highest BCUT2D eigenvalue weighted by Crippen LogP contribution is 2.50. The summed E-state index contributed by atoms with van der Waals surface area (Å²) < 4.78 is 5.47. The normalized spacial score (nSPS) is 24.7. The van der Waals surface area contributed by atoms with Gasteiger partial charge in [-0.1, -0.05) is 36.8 Å². The van der Waals surface area contributed by atoms with Gasteiger partial charge >= 0.3 is 6.09 Å². The van der Waals surface area contributed by atoms with Crippen LogP contribution in [-0.2, 0) is 4.74 Å². The van der Waals surface area contributed by atoms with Crippen LogP contribution in [0.2, 0.25) is 0 Å². The summed E-state index contributed by atoms with van der Waals surface area (Å²) in [5.74, 6) is 2.46. The topological polar surface area (TPSA) is 29.5 Å². The van der Waals surface area contributed by atoms with Gasteiger partial charge in [-0.2, -0.15) is 0 Å². The van der Waals surface area contributed by atoms with Gasteiger partial charge < -0.3 is 9.64 Å². The van der Waals surface area contributed by atoms with Crippen molar-refractivity contribution in [2.75, 3.05) is 13.1 Å². The highest BCUT2D eigenvalue weighted by atomic mass is 16.6. The molecular weight excluding hydrogens is 298 g/mol. The predicted octanol–water partition coefficient (Wildman–Crippen LogP) is 5.22. The lowest BCUT2D eigenvalue weighted by molar-refractivity contribution is 0.0180. The van der Waals surface area contributed by atoms with E-state index < -0.39 is 5.60 Å². The van der Waals surface area contributed by atoms with Crippen molar-refractivity contribution in [1.82, 2.24) is 4.90 Å². The number of hydrogen-bond acceptors (Lipinski definition) is 2. The van der Waals surface area contributed by atoms with Crippen LogP contribution >= 0.6 is 0 Å². The zero-order valence-electron chi connectivity index (χ0n) is 15.3. The molecular formula is C21H31NO2. The van der Waals surface area contributed by atoms with Gasteiger partial charge in [-0.15, -0.1) is 0 Å². The van der Waals surface area contributed by atoms with Crippen molar-refractivity contribution >= 4 is 6.09 Å². The minimum atomic E-state index is -0.396. The second kappa shape index (κ2) is 7.16. The lowest BCUT2D eigenvalue weighted by Gasteiger charge is -2.33. The zero-order chi connectivity index (χ0) is 17.2. The second-order valence-electron chi connectivity index (χ2n) is 8.50. The molecule has 24 heavy (non-hydrogen) atoms. The first kappa shape index (κ1) is 17.3. The smallest absolute Gasteiger partial charge is 0.410 e. The number of rotatable bonds is 4. The van der Waals surface area contributed by atoms with Crippen LogP contribution in [0.4, 0.5) is 4.79 Å². The molecule has 0 N–H and O–H groups in total. The summed E-state index contributed by atoms with van der Waals surface area (Å²) in [6.07, 6.45) is 6.13. The Morgan fingerprint density at radius 2 is 1.79 bits per heavy atom. The molecule has 0 spiro atoms. The molecule has 2 unspecified atom stereocenters. The van der Waals surface area contributed by atoms with E-state index in [2.05, 4.69) is 30.3 Å². The molecule has 0 aromatic heterocycles. The van der Waals surface area contributed by atoms with Gasteiger partial charge in [0.25, 0.3) is 0 Å². The maximum Gasteiger partial charge on any atom is 0.410 e. The molecule has 132 valence electrons. The molecule has 2 fully saturated rings. The number of benzene rings is 1. The third-order valence-electron chi connectivity index (χ3n) is 5.36. The van der Waals surface area contributed by atoms with Gasteiger partial charge in [0, 0.05) is 13.1 Å². The van der Waals surface area contributed by atoms with Gasteiger partial charge in [0.2, 0.25) is 0 Å². The Morgan fingerprint density at radius 3 is 2.42 bits per heavy atom. The molecule has 2 aliphatic rings. The Balaban J connectivity index is 1.36. The summed E-state index contributed by atoms with van der Waals surface area (Å²) in [7, 11) is 0. The highest BCUT2D eigenvalue weighted by Gasteiger charge is 2.38. The molecule has 1 saturated carbocycles. The molecule has 0 radical (unpaired) electrons. The first-order valence-corrected chi connectivity index (χ1v) is 9.45. The van der Waals surface area contributed by atoms with Crippen molar-refractivity contribution in [3.05, 3.63) is 35.9 Å². The SMILES string of the molecule is CC(C)(C)OC(=O)N1CCC(CCC2CC2c2ccccc2)CC1. The van der Waals surface area contributed by atoms with Gasteiger partial charge in [-0.25, -0.2) is 4.79 Å². The number of amides is 1. The lowest BCUT2D eigenvalue weighted by atomic mass is 9.91. The summed E-state index contributed by atoms with van der Waals surface area (Å²) in [4.78, 5) is 14.0. The van der Waals surface area contributed by atoms with E-state index in [4.69, 9.17) is 4.74 Å². The van der Waals surface area contributed by atoms with Gasteiger partial charge in [-0.05, 0) is 69.8 Å². The Kier molecular flexibility index (Phi) is 5.17. The second-order valence-corrected chi connectivity index (χ2v) is 8.50. The van der Waals surface area contributed by atoms with Crippen LogP contribution in [0.15, 0.2) is 30.3 Å². The zero-order valence-corrected chi connectivity index (χ0v) is 15.3. The third kappa shape index (κ3) is 4.75. The van der Waals surface area contributed by atoms with Crippen molar-refractivity contribution in [2.45, 2.75) is 64.4 Å². The van der Waals surface area contributed by atoms with Crippen LogP contribution in [-0.4, -0.2) is 29.7 Å². The number of piperidine rings is 1. The molecule has 1 aliphatic carbocycles. The fourth-order valence-corrected chi connectivity index (χ4v) is 3.86. The summed E-state index contributed by atoms with van der Waals surface area (Å²) in [5.41, 5.74) is 1.12. The maximum absolute atomic E-state index is 12.1. The number of likely N-dealkylation sites (tertiary alicyclic amines) is 1. The number of carbonyl (C=O) groups is 1. The highest BCUT2D eigenvalue weighted by molar-refractivity contribution is 5.68. The summed E-state index contributed by atoms with van der Waals surface area (Å²) in [6.45, 7) is 7.49. The van der Waals surface area contributed by atoms with Crippen molar-refractivity contribution < 1.29 is 9.53 Å². The first-order valence-electron chi connectivity index (χ1n) is 9.45. The van der Waals surface area contributed by atoms with Crippen LogP contribution in [0.3, 0.4) is 0 Å². The molecule has 0 bridgehead atoms. The monoisotopic (exact) mass is 329 g/mol. The number of carbonyl (C=O) groups excluding carboxylic acids is 1. The van der Waals surface area contributed by atoms with Gasteiger partial charge in [0.05, 0.1) is 0 Å². The van der Waals surface area contributed by atoms with Crippen molar-refractivity contribution in [3.8, 4) is 0 Å². The number of nitrogens with zero attached hydrogens (tertiary/aromatic N) is 1. The van der Waals surface area contributed by atoms with E-state index in [1.807, 2.05) is 25.7 Å². The standard InChI is InChI=1S/C21H31NO2/c1-21(2,3)24-20(23)22-13-11-16(12-14-22)9-10-18-15-19(18)17-7-5-4-6-8-17/h4-8,16,18-19H,9-15H2,1-3H3. The van der Waals surface area contributed by atoms with Crippen LogP contribution in [0, 0.1) is 11.8 Å². The average Bonchev–Trinajstić information content (AvgIpc) is 3.32. The largest absolute Gasteiger partial charge is 0.444 e. The average molecular weight is 329 g/mol. The molecule has 1 heterocycles. The molecule has 1 aromatic carbocycles. The van der Waals surface area contributed by atoms with Crippen LogP contribution in [0.1, 0.15) is 64.4 Å². The Hall–Kier alpha value is -1.51. The summed E-state index contributed by atoms with van der Waals surface area (Å²) in [6, 6.07) is 10.9. The molecule has 1 amide bonds. The first-order chi connectivity index (χ1) is 11.4. The van der Waals surface area contributed by atoms with Crippen LogP contribution in [0.25, 0.3) is 0 Å². The van der Waals surface area contributed by atoms with E-state index in [0.29, 0.717) is 0 Å². The van der Waals surface area contributed by atoms with E-state index in [-0.39, 0.29) is 6.09 Å². The molecule has 2 atom stereocenters.